The molecule has 0 heterocycles. The zero-order chi connectivity index (χ0) is 14.0. The largest absolute Gasteiger partial charge is 0.328 e. The maximum atomic E-state index is 12.4. The Morgan fingerprint density at radius 3 is 2.68 bits per heavy atom. The van der Waals surface area contributed by atoms with Gasteiger partial charge < -0.3 is 10.6 Å². The van der Waals surface area contributed by atoms with Crippen LogP contribution in [0.25, 0.3) is 0 Å². The van der Waals surface area contributed by atoms with Gasteiger partial charge in [0.2, 0.25) is 5.91 Å². The summed E-state index contributed by atoms with van der Waals surface area (Å²) in [5, 5.41) is 0. The smallest absolute Gasteiger partial charge is 0.229 e. The Kier molecular flexibility index (Phi) is 4.25. The fourth-order valence-electron chi connectivity index (χ4n) is 2.73. The van der Waals surface area contributed by atoms with Crippen LogP contribution in [-0.4, -0.2) is 19.0 Å². The van der Waals surface area contributed by atoms with Crippen molar-refractivity contribution in [1.29, 1.82) is 0 Å². The van der Waals surface area contributed by atoms with E-state index < -0.39 is 0 Å². The predicted molar refractivity (Wildman–Crippen MR) is 79.3 cm³/mol. The topological polar surface area (TPSA) is 46.3 Å². The highest BCUT2D eigenvalue weighted by molar-refractivity contribution is 5.94. The van der Waals surface area contributed by atoms with Gasteiger partial charge in [-0.15, -0.1) is 0 Å². The maximum Gasteiger partial charge on any atom is 0.229 e. The molecule has 3 nitrogen and oxygen atoms in total. The molecule has 19 heavy (non-hydrogen) atoms. The molecule has 1 saturated carbocycles. The van der Waals surface area contributed by atoms with Gasteiger partial charge in [-0.3, -0.25) is 4.79 Å². The maximum absolute atomic E-state index is 12.4. The molecule has 0 radical (unpaired) electrons. The molecular weight excluding hydrogens is 236 g/mol. The molecule has 0 bridgehead atoms. The van der Waals surface area contributed by atoms with Crippen molar-refractivity contribution in [3.05, 3.63) is 29.8 Å². The summed E-state index contributed by atoms with van der Waals surface area (Å²) in [4.78, 5) is 14.2. The Balaban J connectivity index is 2.12. The normalized spacial score (nSPS) is 22.8. The van der Waals surface area contributed by atoms with Crippen molar-refractivity contribution in [2.75, 3.05) is 11.9 Å². The van der Waals surface area contributed by atoms with Crippen LogP contribution in [0.5, 0.6) is 0 Å². The fraction of sp³-hybridized carbons (Fsp3) is 0.562. The molecule has 2 atom stereocenters. The average molecular weight is 260 g/mol. The summed E-state index contributed by atoms with van der Waals surface area (Å²) in [6, 6.07) is 8.44. The van der Waals surface area contributed by atoms with Gasteiger partial charge in [0.1, 0.15) is 0 Å². The number of nitrogens with zero attached hydrogens (tertiary/aromatic N) is 1. The third-order valence-electron chi connectivity index (χ3n) is 4.08. The van der Waals surface area contributed by atoms with E-state index in [1.807, 2.05) is 19.2 Å². The van der Waals surface area contributed by atoms with E-state index in [4.69, 9.17) is 5.73 Å². The second-order valence-electron chi connectivity index (χ2n) is 5.92. The number of nitrogens with two attached hydrogens (primary N) is 1. The molecule has 1 aliphatic rings. The van der Waals surface area contributed by atoms with E-state index >= 15 is 0 Å². The molecule has 1 fully saturated rings. The van der Waals surface area contributed by atoms with Crippen LogP contribution in [0, 0.1) is 5.92 Å². The minimum atomic E-state index is 0.0997. The predicted octanol–water partition coefficient (Wildman–Crippen LogP) is 2.90. The van der Waals surface area contributed by atoms with E-state index in [1.54, 1.807) is 4.90 Å². The zero-order valence-electron chi connectivity index (χ0n) is 12.1. The van der Waals surface area contributed by atoms with Crippen molar-refractivity contribution in [3.8, 4) is 0 Å². The van der Waals surface area contributed by atoms with Gasteiger partial charge in [0, 0.05) is 24.7 Å². The van der Waals surface area contributed by atoms with Crippen LogP contribution in [-0.2, 0) is 4.79 Å². The first-order valence-corrected chi connectivity index (χ1v) is 7.12. The summed E-state index contributed by atoms with van der Waals surface area (Å²) < 4.78 is 0. The second kappa shape index (κ2) is 5.74. The van der Waals surface area contributed by atoms with Crippen LogP contribution >= 0.6 is 0 Å². The van der Waals surface area contributed by atoms with Crippen LogP contribution < -0.4 is 10.6 Å². The SMILES string of the molecule is CC(C)c1cccc(N(C)C(=O)C2CCC(N)C2)c1. The molecule has 0 aliphatic heterocycles. The number of hydrogen-bond acceptors (Lipinski definition) is 2. The summed E-state index contributed by atoms with van der Waals surface area (Å²) in [7, 11) is 1.87. The minimum Gasteiger partial charge on any atom is -0.328 e. The van der Waals surface area contributed by atoms with Gasteiger partial charge in [-0.2, -0.15) is 0 Å². The van der Waals surface area contributed by atoms with E-state index in [0.717, 1.165) is 24.9 Å². The lowest BCUT2D eigenvalue weighted by atomic mass is 10.0. The first-order valence-electron chi connectivity index (χ1n) is 7.12. The third kappa shape index (κ3) is 3.16. The van der Waals surface area contributed by atoms with Gasteiger partial charge in [-0.25, -0.2) is 0 Å². The van der Waals surface area contributed by atoms with Crippen LogP contribution in [0.4, 0.5) is 5.69 Å². The van der Waals surface area contributed by atoms with Crippen molar-refractivity contribution in [1.82, 2.24) is 0 Å². The highest BCUT2D eigenvalue weighted by Crippen LogP contribution is 2.28. The first-order chi connectivity index (χ1) is 8.99. The summed E-state index contributed by atoms with van der Waals surface area (Å²) >= 11 is 0. The standard InChI is InChI=1S/C16H24N2O/c1-11(2)12-5-4-6-15(10-12)18(3)16(19)13-7-8-14(17)9-13/h4-6,10-11,13-14H,7-9,17H2,1-3H3. The van der Waals surface area contributed by atoms with E-state index in [2.05, 4.69) is 26.0 Å². The van der Waals surface area contributed by atoms with Gasteiger partial charge in [0.05, 0.1) is 0 Å². The second-order valence-corrected chi connectivity index (χ2v) is 5.92. The van der Waals surface area contributed by atoms with Crippen LogP contribution in [0.15, 0.2) is 24.3 Å². The molecule has 0 aromatic heterocycles. The van der Waals surface area contributed by atoms with E-state index in [-0.39, 0.29) is 17.9 Å². The Morgan fingerprint density at radius 2 is 2.11 bits per heavy atom. The van der Waals surface area contributed by atoms with E-state index in [0.29, 0.717) is 5.92 Å². The number of hydrogen-bond donors (Lipinski definition) is 1. The van der Waals surface area contributed by atoms with Gasteiger partial charge in [-0.1, -0.05) is 26.0 Å². The summed E-state index contributed by atoms with van der Waals surface area (Å²) in [6.45, 7) is 4.33. The number of rotatable bonds is 3. The molecule has 1 amide bonds. The lowest BCUT2D eigenvalue weighted by Gasteiger charge is -2.22. The molecule has 1 aliphatic carbocycles. The fourth-order valence-corrected chi connectivity index (χ4v) is 2.73. The monoisotopic (exact) mass is 260 g/mol. The molecule has 2 unspecified atom stereocenters. The van der Waals surface area contributed by atoms with E-state index in [1.165, 1.54) is 5.56 Å². The molecular formula is C16H24N2O. The first kappa shape index (κ1) is 14.1. The molecule has 0 spiro atoms. The Morgan fingerprint density at radius 1 is 1.37 bits per heavy atom. The highest BCUT2D eigenvalue weighted by atomic mass is 16.2. The molecule has 3 heteroatoms. The van der Waals surface area contributed by atoms with Crippen LogP contribution in [0.1, 0.15) is 44.6 Å². The van der Waals surface area contributed by atoms with Crippen molar-refractivity contribution in [2.45, 2.75) is 45.1 Å². The Bertz CT molecular complexity index is 456. The van der Waals surface area contributed by atoms with Gasteiger partial charge >= 0.3 is 0 Å². The number of carbonyl (C=O) groups excluding carboxylic acids is 1. The van der Waals surface area contributed by atoms with Crippen molar-refractivity contribution < 1.29 is 4.79 Å². The molecule has 0 saturated heterocycles. The average Bonchev–Trinajstić information content (AvgIpc) is 2.84. The summed E-state index contributed by atoms with van der Waals surface area (Å²) in [5.74, 6) is 0.778. The van der Waals surface area contributed by atoms with Gasteiger partial charge in [0.15, 0.2) is 0 Å². The molecule has 1 aromatic carbocycles. The minimum absolute atomic E-state index is 0.0997. The van der Waals surface area contributed by atoms with Gasteiger partial charge in [-0.05, 0) is 42.9 Å². The van der Waals surface area contributed by atoms with Gasteiger partial charge in [0.25, 0.3) is 0 Å². The molecule has 2 N–H and O–H groups in total. The summed E-state index contributed by atoms with van der Waals surface area (Å²) in [6.07, 6.45) is 2.72. The lowest BCUT2D eigenvalue weighted by molar-refractivity contribution is -0.121. The lowest BCUT2D eigenvalue weighted by Crippen LogP contribution is -2.32. The van der Waals surface area contributed by atoms with Crippen molar-refractivity contribution in [3.63, 3.8) is 0 Å². The van der Waals surface area contributed by atoms with E-state index in [9.17, 15) is 4.79 Å². The number of carbonyl (C=O) groups is 1. The number of amides is 1. The zero-order valence-corrected chi connectivity index (χ0v) is 12.1. The van der Waals surface area contributed by atoms with Crippen molar-refractivity contribution in [2.24, 2.45) is 11.7 Å². The third-order valence-corrected chi connectivity index (χ3v) is 4.08. The Hall–Kier alpha value is -1.35. The summed E-state index contributed by atoms with van der Waals surface area (Å²) in [5.41, 5.74) is 8.14. The van der Waals surface area contributed by atoms with Crippen LogP contribution in [0.3, 0.4) is 0 Å². The molecule has 2 rings (SSSR count). The number of anilines is 1. The molecule has 104 valence electrons. The highest BCUT2D eigenvalue weighted by Gasteiger charge is 2.30. The Labute approximate surface area is 115 Å². The van der Waals surface area contributed by atoms with Crippen molar-refractivity contribution >= 4 is 11.6 Å². The quantitative estimate of drug-likeness (QED) is 0.908. The molecule has 1 aromatic rings. The van der Waals surface area contributed by atoms with Crippen LogP contribution in [0.2, 0.25) is 0 Å². The number of benzene rings is 1.